The van der Waals surface area contributed by atoms with Crippen molar-refractivity contribution in [3.8, 4) is 0 Å². The Labute approximate surface area is 105 Å². The molecule has 0 spiro atoms. The molecule has 0 unspecified atom stereocenters. The number of rotatable bonds is 5. The van der Waals surface area contributed by atoms with Crippen LogP contribution in [0.3, 0.4) is 0 Å². The molecular formula is C12H19F3N2O. The Morgan fingerprint density at radius 1 is 1.39 bits per heavy atom. The first-order valence-corrected chi connectivity index (χ1v) is 5.82. The van der Waals surface area contributed by atoms with Crippen molar-refractivity contribution in [2.24, 2.45) is 5.73 Å². The second kappa shape index (κ2) is 5.75. The quantitative estimate of drug-likeness (QED) is 0.889. The van der Waals surface area contributed by atoms with Gasteiger partial charge in [-0.15, -0.1) is 0 Å². The van der Waals surface area contributed by atoms with Gasteiger partial charge in [-0.3, -0.25) is 4.90 Å². The van der Waals surface area contributed by atoms with Gasteiger partial charge in [0.15, 0.2) is 0 Å². The van der Waals surface area contributed by atoms with Gasteiger partial charge in [-0.2, -0.15) is 13.2 Å². The number of nitrogens with two attached hydrogens (primary N) is 1. The Kier molecular flexibility index (Phi) is 4.81. The normalized spacial score (nSPS) is 12.7. The highest BCUT2D eigenvalue weighted by molar-refractivity contribution is 5.19. The van der Waals surface area contributed by atoms with E-state index in [9.17, 15) is 13.2 Å². The monoisotopic (exact) mass is 264 g/mol. The summed E-state index contributed by atoms with van der Waals surface area (Å²) in [6.45, 7) is 4.74. The average molecular weight is 264 g/mol. The molecule has 1 aromatic heterocycles. The Balaban J connectivity index is 2.77. The maximum absolute atomic E-state index is 12.4. The lowest BCUT2D eigenvalue weighted by Gasteiger charge is -2.26. The molecule has 0 saturated heterocycles. The molecule has 0 aliphatic rings. The van der Waals surface area contributed by atoms with Crippen LogP contribution in [0.2, 0.25) is 0 Å². The molecule has 0 radical (unpaired) electrons. The minimum absolute atomic E-state index is 0.137. The molecule has 0 aromatic carbocycles. The van der Waals surface area contributed by atoms with Crippen molar-refractivity contribution in [2.75, 3.05) is 6.54 Å². The highest BCUT2D eigenvalue weighted by Gasteiger charge is 2.32. The number of aryl methyl sites for hydroxylation is 1. The van der Waals surface area contributed by atoms with Crippen LogP contribution in [-0.2, 0) is 13.1 Å². The maximum atomic E-state index is 12.4. The summed E-state index contributed by atoms with van der Waals surface area (Å²) in [5, 5.41) is 0. The molecule has 0 atom stereocenters. The molecule has 18 heavy (non-hydrogen) atoms. The van der Waals surface area contributed by atoms with E-state index in [1.54, 1.807) is 19.9 Å². The Morgan fingerprint density at radius 3 is 2.39 bits per heavy atom. The summed E-state index contributed by atoms with van der Waals surface area (Å²) in [5.74, 6) is 1.15. The topological polar surface area (TPSA) is 42.4 Å². The fourth-order valence-corrected chi connectivity index (χ4v) is 1.72. The Morgan fingerprint density at radius 2 is 2.00 bits per heavy atom. The van der Waals surface area contributed by atoms with Crippen LogP contribution in [0.4, 0.5) is 13.2 Å². The number of hydrogen-bond donors (Lipinski definition) is 1. The zero-order valence-corrected chi connectivity index (χ0v) is 10.8. The van der Waals surface area contributed by atoms with Gasteiger partial charge in [0.25, 0.3) is 0 Å². The van der Waals surface area contributed by atoms with Crippen molar-refractivity contribution < 1.29 is 17.6 Å². The summed E-state index contributed by atoms with van der Waals surface area (Å²) in [6.07, 6.45) is -4.21. The van der Waals surface area contributed by atoms with Crippen LogP contribution in [0.25, 0.3) is 0 Å². The molecular weight excluding hydrogens is 245 g/mol. The van der Waals surface area contributed by atoms with E-state index in [1.165, 1.54) is 4.90 Å². The molecule has 104 valence electrons. The van der Waals surface area contributed by atoms with Gasteiger partial charge in [-0.25, -0.2) is 0 Å². The van der Waals surface area contributed by atoms with Crippen molar-refractivity contribution in [1.82, 2.24) is 4.90 Å². The van der Waals surface area contributed by atoms with Crippen LogP contribution in [0, 0.1) is 6.92 Å². The molecule has 2 N–H and O–H groups in total. The van der Waals surface area contributed by atoms with Gasteiger partial charge in [0.05, 0.1) is 19.6 Å². The van der Waals surface area contributed by atoms with Crippen molar-refractivity contribution >= 4 is 0 Å². The Hall–Kier alpha value is -1.01. The summed E-state index contributed by atoms with van der Waals surface area (Å²) < 4.78 is 42.7. The van der Waals surface area contributed by atoms with Crippen molar-refractivity contribution in [1.29, 1.82) is 0 Å². The van der Waals surface area contributed by atoms with Gasteiger partial charge in [-0.1, -0.05) is 0 Å². The van der Waals surface area contributed by atoms with Gasteiger partial charge in [0.1, 0.15) is 11.5 Å². The third-order valence-corrected chi connectivity index (χ3v) is 2.73. The van der Waals surface area contributed by atoms with Crippen LogP contribution < -0.4 is 5.73 Å². The zero-order chi connectivity index (χ0) is 13.9. The molecule has 0 amide bonds. The van der Waals surface area contributed by atoms with Crippen LogP contribution in [-0.4, -0.2) is 23.7 Å². The summed E-state index contributed by atoms with van der Waals surface area (Å²) in [4.78, 5) is 1.32. The fourth-order valence-electron chi connectivity index (χ4n) is 1.72. The highest BCUT2D eigenvalue weighted by Crippen LogP contribution is 2.22. The lowest BCUT2D eigenvalue weighted by atomic mass is 10.2. The van der Waals surface area contributed by atoms with E-state index in [1.807, 2.05) is 6.92 Å². The minimum Gasteiger partial charge on any atom is -0.463 e. The van der Waals surface area contributed by atoms with E-state index in [4.69, 9.17) is 10.2 Å². The lowest BCUT2D eigenvalue weighted by molar-refractivity contribution is -0.151. The highest BCUT2D eigenvalue weighted by atomic mass is 19.4. The molecule has 0 saturated carbocycles. The number of hydrogen-bond acceptors (Lipinski definition) is 3. The van der Waals surface area contributed by atoms with E-state index in [0.29, 0.717) is 11.5 Å². The lowest BCUT2D eigenvalue weighted by Crippen LogP contribution is -2.38. The second-order valence-electron chi connectivity index (χ2n) is 4.64. The smallest absolute Gasteiger partial charge is 0.401 e. The molecule has 1 heterocycles. The van der Waals surface area contributed by atoms with E-state index in [-0.39, 0.29) is 19.1 Å². The van der Waals surface area contributed by atoms with Crippen molar-refractivity contribution in [2.45, 2.75) is 46.1 Å². The fraction of sp³-hybridized carbons (Fsp3) is 0.667. The van der Waals surface area contributed by atoms with Crippen molar-refractivity contribution in [3.05, 3.63) is 23.2 Å². The third-order valence-electron chi connectivity index (χ3n) is 2.73. The van der Waals surface area contributed by atoms with E-state index >= 15 is 0 Å². The first kappa shape index (κ1) is 15.0. The number of alkyl halides is 3. The van der Waals surface area contributed by atoms with Gasteiger partial charge in [0.2, 0.25) is 0 Å². The summed E-state index contributed by atoms with van der Waals surface area (Å²) in [5.41, 5.74) is 6.35. The summed E-state index contributed by atoms with van der Waals surface area (Å²) in [6, 6.07) is 1.53. The van der Waals surface area contributed by atoms with Crippen LogP contribution >= 0.6 is 0 Å². The summed E-state index contributed by atoms with van der Waals surface area (Å²) in [7, 11) is 0. The molecule has 1 aromatic rings. The van der Waals surface area contributed by atoms with Crippen molar-refractivity contribution in [3.63, 3.8) is 0 Å². The first-order valence-electron chi connectivity index (χ1n) is 5.82. The van der Waals surface area contributed by atoms with Gasteiger partial charge >= 0.3 is 6.18 Å². The molecule has 1 rings (SSSR count). The predicted octanol–water partition coefficient (Wildman–Crippen LogP) is 2.82. The minimum atomic E-state index is -4.21. The molecule has 0 bridgehead atoms. The standard InChI is InChI=1S/C12H19F3N2O/c1-8(2)17(7-12(13,14)15)6-10-4-9(3)11(5-16)18-10/h4,8H,5-7,16H2,1-3H3. The molecule has 0 fully saturated rings. The SMILES string of the molecule is Cc1cc(CN(CC(F)(F)F)C(C)C)oc1CN. The van der Waals surface area contributed by atoms with Gasteiger partial charge in [0, 0.05) is 6.04 Å². The Bertz CT molecular complexity index is 385. The van der Waals surface area contributed by atoms with E-state index < -0.39 is 12.7 Å². The van der Waals surface area contributed by atoms with Gasteiger partial charge in [-0.05, 0) is 32.4 Å². The van der Waals surface area contributed by atoms with E-state index in [0.717, 1.165) is 5.56 Å². The number of furan rings is 1. The number of nitrogens with zero attached hydrogens (tertiary/aromatic N) is 1. The second-order valence-corrected chi connectivity index (χ2v) is 4.64. The third kappa shape index (κ3) is 4.34. The predicted molar refractivity (Wildman–Crippen MR) is 62.9 cm³/mol. The molecule has 6 heteroatoms. The molecule has 0 aliphatic carbocycles. The van der Waals surface area contributed by atoms with Crippen LogP contribution in [0.1, 0.15) is 30.9 Å². The number of halogens is 3. The van der Waals surface area contributed by atoms with Gasteiger partial charge < -0.3 is 10.2 Å². The van der Waals surface area contributed by atoms with Crippen LogP contribution in [0.5, 0.6) is 0 Å². The first-order chi connectivity index (χ1) is 8.23. The van der Waals surface area contributed by atoms with Crippen LogP contribution in [0.15, 0.2) is 10.5 Å². The maximum Gasteiger partial charge on any atom is 0.401 e. The molecule has 0 aliphatic heterocycles. The zero-order valence-electron chi connectivity index (χ0n) is 10.8. The van der Waals surface area contributed by atoms with E-state index in [2.05, 4.69) is 0 Å². The molecule has 3 nitrogen and oxygen atoms in total. The largest absolute Gasteiger partial charge is 0.463 e. The average Bonchev–Trinajstić information content (AvgIpc) is 2.55. The summed E-state index contributed by atoms with van der Waals surface area (Å²) >= 11 is 0.